The molecule has 102 valence electrons. The smallest absolute Gasteiger partial charge is 0.269 e. The fraction of sp³-hybridized carbons (Fsp3) is 0.250. The first-order valence-corrected chi connectivity index (χ1v) is 7.15. The van der Waals surface area contributed by atoms with Crippen LogP contribution in [0.3, 0.4) is 0 Å². The van der Waals surface area contributed by atoms with E-state index in [1.807, 2.05) is 0 Å². The summed E-state index contributed by atoms with van der Waals surface area (Å²) < 4.78 is 27.6. The highest BCUT2D eigenvalue weighted by Gasteiger charge is 2.20. The number of benzene rings is 1. The highest BCUT2D eigenvalue weighted by molar-refractivity contribution is 7.89. The van der Waals surface area contributed by atoms with Crippen LogP contribution in [-0.2, 0) is 17.1 Å². The van der Waals surface area contributed by atoms with E-state index < -0.39 is 10.0 Å². The number of hydrogen-bond donors (Lipinski definition) is 2. The Bertz CT molecular complexity index is 772. The number of sulfonamides is 1. The Morgan fingerprint density at radius 1 is 1.26 bits per heavy atom. The maximum Gasteiger partial charge on any atom is 0.269 e. The Hall–Kier alpha value is -1.86. The Labute approximate surface area is 111 Å². The summed E-state index contributed by atoms with van der Waals surface area (Å²) in [5, 5.41) is 2.88. The van der Waals surface area contributed by atoms with E-state index in [0.29, 0.717) is 16.8 Å². The molecule has 0 spiro atoms. The summed E-state index contributed by atoms with van der Waals surface area (Å²) in [5.41, 5.74) is 1.31. The average Bonchev–Trinajstić information content (AvgIpc) is 2.66. The lowest BCUT2D eigenvalue weighted by Crippen LogP contribution is -2.19. The van der Waals surface area contributed by atoms with Crippen molar-refractivity contribution < 1.29 is 8.42 Å². The van der Waals surface area contributed by atoms with E-state index in [1.54, 1.807) is 32.2 Å². The molecular formula is C12H15N3O3S. The second kappa shape index (κ2) is 4.67. The third-order valence-electron chi connectivity index (χ3n) is 2.99. The van der Waals surface area contributed by atoms with Gasteiger partial charge in [0.2, 0.25) is 10.0 Å². The van der Waals surface area contributed by atoms with Gasteiger partial charge in [0.1, 0.15) is 0 Å². The largest absolute Gasteiger partial charge is 0.295 e. The molecule has 0 aliphatic carbocycles. The topological polar surface area (TPSA) is 84.0 Å². The van der Waals surface area contributed by atoms with Crippen LogP contribution in [0.2, 0.25) is 0 Å². The second-order valence-electron chi connectivity index (χ2n) is 4.18. The van der Waals surface area contributed by atoms with Gasteiger partial charge in [-0.05, 0) is 20.0 Å². The monoisotopic (exact) mass is 281 g/mol. The quantitative estimate of drug-likeness (QED) is 0.864. The number of rotatable bonds is 3. The molecule has 0 aliphatic rings. The Morgan fingerprint density at radius 3 is 2.42 bits per heavy atom. The molecule has 0 aliphatic heterocycles. The van der Waals surface area contributed by atoms with Crippen molar-refractivity contribution in [1.82, 2.24) is 14.5 Å². The van der Waals surface area contributed by atoms with Crippen molar-refractivity contribution >= 4 is 10.0 Å². The molecule has 0 atom stereocenters. The van der Waals surface area contributed by atoms with Gasteiger partial charge in [-0.1, -0.05) is 18.2 Å². The average molecular weight is 281 g/mol. The summed E-state index contributed by atoms with van der Waals surface area (Å²) >= 11 is 0. The molecule has 1 aromatic heterocycles. The summed E-state index contributed by atoms with van der Waals surface area (Å²) in [6, 6.07) is 6.55. The van der Waals surface area contributed by atoms with Gasteiger partial charge >= 0.3 is 0 Å². The number of H-pyrrole nitrogens is 1. The summed E-state index contributed by atoms with van der Waals surface area (Å²) in [6.45, 7) is 1.66. The number of aromatic amines is 1. The van der Waals surface area contributed by atoms with Gasteiger partial charge in [0.25, 0.3) is 5.56 Å². The highest BCUT2D eigenvalue weighted by atomic mass is 32.2. The van der Waals surface area contributed by atoms with Gasteiger partial charge < -0.3 is 0 Å². The van der Waals surface area contributed by atoms with Crippen LogP contribution in [0, 0.1) is 6.92 Å². The standard InChI is InChI=1S/C12H15N3O3S/c1-8-11(14-15(3)12(8)16)9-6-4-5-7-10(9)19(17,18)13-2/h4-7,13-14H,1-3H3. The Balaban J connectivity index is 2.78. The predicted molar refractivity (Wildman–Crippen MR) is 72.5 cm³/mol. The zero-order chi connectivity index (χ0) is 14.2. The van der Waals surface area contributed by atoms with Crippen LogP contribution >= 0.6 is 0 Å². The lowest BCUT2D eigenvalue weighted by atomic mass is 10.1. The Kier molecular flexibility index (Phi) is 3.34. The molecule has 0 saturated carbocycles. The van der Waals surface area contributed by atoms with Crippen LogP contribution in [-0.4, -0.2) is 25.2 Å². The maximum atomic E-state index is 12.0. The summed E-state index contributed by atoms with van der Waals surface area (Å²) in [7, 11) is -0.633. The van der Waals surface area contributed by atoms with Crippen molar-refractivity contribution in [1.29, 1.82) is 0 Å². The third-order valence-corrected chi connectivity index (χ3v) is 4.47. The second-order valence-corrected chi connectivity index (χ2v) is 6.03. The van der Waals surface area contributed by atoms with E-state index in [-0.39, 0.29) is 10.5 Å². The zero-order valence-electron chi connectivity index (χ0n) is 10.9. The van der Waals surface area contributed by atoms with Gasteiger partial charge in [-0.2, -0.15) is 0 Å². The number of aryl methyl sites for hydroxylation is 1. The number of hydrogen-bond acceptors (Lipinski definition) is 3. The molecule has 2 rings (SSSR count). The zero-order valence-corrected chi connectivity index (χ0v) is 11.7. The van der Waals surface area contributed by atoms with Gasteiger partial charge in [-0.15, -0.1) is 0 Å². The van der Waals surface area contributed by atoms with Crippen molar-refractivity contribution in [3.05, 3.63) is 40.2 Å². The van der Waals surface area contributed by atoms with E-state index in [1.165, 1.54) is 17.8 Å². The molecule has 0 fully saturated rings. The first kappa shape index (κ1) is 13.6. The molecule has 0 amide bonds. The van der Waals surface area contributed by atoms with E-state index >= 15 is 0 Å². The van der Waals surface area contributed by atoms with Crippen LogP contribution < -0.4 is 10.3 Å². The van der Waals surface area contributed by atoms with Crippen LogP contribution in [0.15, 0.2) is 34.0 Å². The van der Waals surface area contributed by atoms with Gasteiger partial charge in [-0.3, -0.25) is 14.6 Å². The SMILES string of the molecule is CNS(=O)(=O)c1ccccc1-c1[nH]n(C)c(=O)c1C. The minimum Gasteiger partial charge on any atom is -0.295 e. The highest BCUT2D eigenvalue weighted by Crippen LogP contribution is 2.26. The van der Waals surface area contributed by atoms with Crippen molar-refractivity contribution in [3.63, 3.8) is 0 Å². The molecule has 19 heavy (non-hydrogen) atoms. The van der Waals surface area contributed by atoms with Crippen molar-refractivity contribution in [2.75, 3.05) is 7.05 Å². The number of aromatic nitrogens is 2. The van der Waals surface area contributed by atoms with Crippen LogP contribution in [0.4, 0.5) is 0 Å². The molecular weight excluding hydrogens is 266 g/mol. The van der Waals surface area contributed by atoms with Crippen molar-refractivity contribution in [2.45, 2.75) is 11.8 Å². The molecule has 1 aromatic carbocycles. The molecule has 1 heterocycles. The molecule has 0 bridgehead atoms. The normalized spacial score (nSPS) is 11.7. The van der Waals surface area contributed by atoms with Gasteiger partial charge in [-0.25, -0.2) is 13.1 Å². The van der Waals surface area contributed by atoms with Crippen molar-refractivity contribution in [3.8, 4) is 11.3 Å². The van der Waals surface area contributed by atoms with Crippen LogP contribution in [0.5, 0.6) is 0 Å². The van der Waals surface area contributed by atoms with E-state index in [2.05, 4.69) is 9.82 Å². The molecule has 0 saturated heterocycles. The summed E-state index contributed by atoms with van der Waals surface area (Å²) in [4.78, 5) is 11.9. The summed E-state index contributed by atoms with van der Waals surface area (Å²) in [5.74, 6) is 0. The van der Waals surface area contributed by atoms with E-state index in [4.69, 9.17) is 0 Å². The Morgan fingerprint density at radius 2 is 1.89 bits per heavy atom. The van der Waals surface area contributed by atoms with Gasteiger partial charge in [0.05, 0.1) is 10.6 Å². The molecule has 2 N–H and O–H groups in total. The third kappa shape index (κ3) is 2.22. The number of nitrogens with one attached hydrogen (secondary N) is 2. The van der Waals surface area contributed by atoms with E-state index in [9.17, 15) is 13.2 Å². The van der Waals surface area contributed by atoms with Crippen LogP contribution in [0.1, 0.15) is 5.56 Å². The minimum absolute atomic E-state index is 0.141. The lowest BCUT2D eigenvalue weighted by molar-refractivity contribution is 0.588. The van der Waals surface area contributed by atoms with Gasteiger partial charge in [0.15, 0.2) is 0 Å². The first-order valence-electron chi connectivity index (χ1n) is 5.67. The predicted octanol–water partition coefficient (Wildman–Crippen LogP) is 0.597. The molecule has 6 nitrogen and oxygen atoms in total. The fourth-order valence-electron chi connectivity index (χ4n) is 1.94. The van der Waals surface area contributed by atoms with E-state index in [0.717, 1.165) is 0 Å². The maximum absolute atomic E-state index is 12.0. The number of nitrogens with zero attached hydrogens (tertiary/aromatic N) is 1. The fourth-order valence-corrected chi connectivity index (χ4v) is 2.88. The van der Waals surface area contributed by atoms with Crippen molar-refractivity contribution in [2.24, 2.45) is 7.05 Å². The lowest BCUT2D eigenvalue weighted by Gasteiger charge is -2.08. The molecule has 7 heteroatoms. The van der Waals surface area contributed by atoms with Crippen LogP contribution in [0.25, 0.3) is 11.3 Å². The molecule has 2 aromatic rings. The minimum atomic E-state index is -3.58. The first-order chi connectivity index (χ1) is 8.88. The molecule has 0 unspecified atom stereocenters. The summed E-state index contributed by atoms with van der Waals surface area (Å²) in [6.07, 6.45) is 0. The molecule has 0 radical (unpaired) electrons. The van der Waals surface area contributed by atoms with Gasteiger partial charge in [0, 0.05) is 18.2 Å².